The number of fused-ring (bicyclic) bond motifs is 1. The van der Waals surface area contributed by atoms with E-state index < -0.39 is 17.8 Å². The first-order chi connectivity index (χ1) is 11.1. The SMILES string of the molecule is O=C1CCc2cc(C(=O)NC(CO)c3ccco3)c(F)cc2N1. The summed E-state index contributed by atoms with van der Waals surface area (Å²) in [7, 11) is 0. The van der Waals surface area contributed by atoms with E-state index in [1.54, 1.807) is 12.1 Å². The quantitative estimate of drug-likeness (QED) is 0.801. The van der Waals surface area contributed by atoms with Gasteiger partial charge in [-0.25, -0.2) is 4.39 Å². The van der Waals surface area contributed by atoms with Crippen LogP contribution in [0.5, 0.6) is 0 Å². The Morgan fingerprint density at radius 1 is 1.43 bits per heavy atom. The minimum Gasteiger partial charge on any atom is -0.467 e. The smallest absolute Gasteiger partial charge is 0.254 e. The number of aryl methyl sites for hydroxylation is 1. The summed E-state index contributed by atoms with van der Waals surface area (Å²) < 4.78 is 19.3. The van der Waals surface area contributed by atoms with Gasteiger partial charge in [-0.1, -0.05) is 0 Å². The maximum Gasteiger partial charge on any atom is 0.254 e. The van der Waals surface area contributed by atoms with Gasteiger partial charge in [0.1, 0.15) is 17.6 Å². The standard InChI is InChI=1S/C16H15FN2O4/c17-11-7-12-9(3-4-15(21)18-12)6-10(11)16(22)19-13(8-20)14-2-1-5-23-14/h1-2,5-7,13,20H,3-4,8H2,(H,18,21)(H,19,22). The van der Waals surface area contributed by atoms with Crippen LogP contribution in [0.15, 0.2) is 34.9 Å². The third-order valence-corrected chi connectivity index (χ3v) is 3.71. The molecule has 120 valence electrons. The van der Waals surface area contributed by atoms with Gasteiger partial charge in [0.2, 0.25) is 5.91 Å². The first kappa shape index (κ1) is 15.2. The van der Waals surface area contributed by atoms with Crippen molar-refractivity contribution in [2.24, 2.45) is 0 Å². The Morgan fingerprint density at radius 3 is 2.96 bits per heavy atom. The maximum absolute atomic E-state index is 14.2. The number of rotatable bonds is 4. The van der Waals surface area contributed by atoms with Crippen molar-refractivity contribution in [3.8, 4) is 0 Å². The van der Waals surface area contributed by atoms with Gasteiger partial charge in [-0.15, -0.1) is 0 Å². The molecule has 1 aromatic carbocycles. The van der Waals surface area contributed by atoms with Gasteiger partial charge in [0.15, 0.2) is 0 Å². The number of benzene rings is 1. The van der Waals surface area contributed by atoms with E-state index in [2.05, 4.69) is 10.6 Å². The van der Waals surface area contributed by atoms with Gasteiger partial charge in [-0.3, -0.25) is 9.59 Å². The van der Waals surface area contributed by atoms with Crippen LogP contribution in [0.4, 0.5) is 10.1 Å². The number of hydrogen-bond acceptors (Lipinski definition) is 4. The number of hydrogen-bond donors (Lipinski definition) is 3. The van der Waals surface area contributed by atoms with Crippen LogP contribution in [0.1, 0.15) is 34.1 Å². The summed E-state index contributed by atoms with van der Waals surface area (Å²) in [6.45, 7) is -0.373. The largest absolute Gasteiger partial charge is 0.467 e. The van der Waals surface area contributed by atoms with Crippen LogP contribution >= 0.6 is 0 Å². The van der Waals surface area contributed by atoms with Gasteiger partial charge in [0.25, 0.3) is 5.91 Å². The number of carbonyl (C=O) groups is 2. The number of aliphatic hydroxyl groups excluding tert-OH is 1. The highest BCUT2D eigenvalue weighted by atomic mass is 19.1. The minimum atomic E-state index is -0.757. The zero-order valence-corrected chi connectivity index (χ0v) is 12.1. The first-order valence-corrected chi connectivity index (χ1v) is 7.16. The average Bonchev–Trinajstić information content (AvgIpc) is 3.05. The first-order valence-electron chi connectivity index (χ1n) is 7.16. The molecular formula is C16H15FN2O4. The van der Waals surface area contributed by atoms with Gasteiger partial charge in [-0.2, -0.15) is 0 Å². The van der Waals surface area contributed by atoms with E-state index in [1.807, 2.05) is 0 Å². The summed E-state index contributed by atoms with van der Waals surface area (Å²) in [5.74, 6) is -1.18. The van der Waals surface area contributed by atoms with E-state index >= 15 is 0 Å². The lowest BCUT2D eigenvalue weighted by molar-refractivity contribution is -0.116. The van der Waals surface area contributed by atoms with Crippen LogP contribution in [0.3, 0.4) is 0 Å². The molecule has 1 unspecified atom stereocenters. The molecule has 1 aliphatic rings. The van der Waals surface area contributed by atoms with Gasteiger partial charge >= 0.3 is 0 Å². The number of amides is 2. The van der Waals surface area contributed by atoms with E-state index in [0.29, 0.717) is 29.9 Å². The monoisotopic (exact) mass is 318 g/mol. The molecule has 3 N–H and O–H groups in total. The van der Waals surface area contributed by atoms with E-state index in [4.69, 9.17) is 4.42 Å². The Hall–Kier alpha value is -2.67. The molecule has 2 heterocycles. The molecule has 23 heavy (non-hydrogen) atoms. The maximum atomic E-state index is 14.2. The second-order valence-electron chi connectivity index (χ2n) is 5.26. The molecule has 7 heteroatoms. The highest BCUT2D eigenvalue weighted by Crippen LogP contribution is 2.26. The Bertz CT molecular complexity index is 743. The van der Waals surface area contributed by atoms with Crippen LogP contribution in [0.2, 0.25) is 0 Å². The summed E-state index contributed by atoms with van der Waals surface area (Å²) in [4.78, 5) is 23.6. The lowest BCUT2D eigenvalue weighted by Crippen LogP contribution is -2.31. The minimum absolute atomic E-state index is 0.134. The van der Waals surface area contributed by atoms with Crippen molar-refractivity contribution in [1.82, 2.24) is 5.32 Å². The number of anilines is 1. The van der Waals surface area contributed by atoms with E-state index in [-0.39, 0.29) is 18.1 Å². The van der Waals surface area contributed by atoms with Crippen LogP contribution in [-0.2, 0) is 11.2 Å². The van der Waals surface area contributed by atoms with E-state index in [9.17, 15) is 19.1 Å². The molecule has 0 saturated carbocycles. The molecule has 0 spiro atoms. The molecule has 6 nitrogen and oxygen atoms in total. The van der Waals surface area contributed by atoms with Gasteiger partial charge in [0.05, 0.1) is 18.4 Å². The fraction of sp³-hybridized carbons (Fsp3) is 0.250. The predicted molar refractivity (Wildman–Crippen MR) is 79.4 cm³/mol. The molecule has 1 aliphatic heterocycles. The molecule has 3 rings (SSSR count). The fourth-order valence-corrected chi connectivity index (χ4v) is 2.51. The number of nitrogens with one attached hydrogen (secondary N) is 2. The van der Waals surface area contributed by atoms with Gasteiger partial charge in [0, 0.05) is 12.1 Å². The number of aliphatic hydroxyl groups is 1. The zero-order valence-electron chi connectivity index (χ0n) is 12.1. The Balaban J connectivity index is 1.83. The Morgan fingerprint density at radius 2 is 2.26 bits per heavy atom. The van der Waals surface area contributed by atoms with Gasteiger partial charge < -0.3 is 20.2 Å². The molecule has 2 aromatic rings. The van der Waals surface area contributed by atoms with Crippen LogP contribution in [0.25, 0.3) is 0 Å². The van der Waals surface area contributed by atoms with Crippen molar-refractivity contribution >= 4 is 17.5 Å². The molecule has 0 bridgehead atoms. The average molecular weight is 318 g/mol. The highest BCUT2D eigenvalue weighted by molar-refractivity contribution is 5.98. The number of halogens is 1. The number of furan rings is 1. The second kappa shape index (κ2) is 6.21. The third kappa shape index (κ3) is 3.09. The predicted octanol–water partition coefficient (Wildman–Crippen LogP) is 1.77. The third-order valence-electron chi connectivity index (χ3n) is 3.71. The molecule has 0 radical (unpaired) electrons. The molecule has 0 saturated heterocycles. The molecule has 1 atom stereocenters. The Kier molecular flexibility index (Phi) is 4.12. The van der Waals surface area contributed by atoms with Crippen LogP contribution < -0.4 is 10.6 Å². The zero-order chi connectivity index (χ0) is 16.4. The van der Waals surface area contributed by atoms with Crippen LogP contribution in [-0.4, -0.2) is 23.5 Å². The van der Waals surface area contributed by atoms with Gasteiger partial charge in [-0.05, 0) is 36.2 Å². The van der Waals surface area contributed by atoms with Crippen molar-refractivity contribution < 1.29 is 23.5 Å². The van der Waals surface area contributed by atoms with E-state index in [1.165, 1.54) is 12.3 Å². The topological polar surface area (TPSA) is 91.6 Å². The van der Waals surface area contributed by atoms with Crippen molar-refractivity contribution in [1.29, 1.82) is 0 Å². The van der Waals surface area contributed by atoms with Crippen molar-refractivity contribution in [2.75, 3.05) is 11.9 Å². The number of carbonyl (C=O) groups excluding carboxylic acids is 2. The fourth-order valence-electron chi connectivity index (χ4n) is 2.51. The van der Waals surface area contributed by atoms with E-state index in [0.717, 1.165) is 6.07 Å². The lowest BCUT2D eigenvalue weighted by atomic mass is 9.99. The normalized spacial score (nSPS) is 14.8. The Labute approximate surface area is 131 Å². The molecule has 0 fully saturated rings. The summed E-state index contributed by atoms with van der Waals surface area (Å²) in [6, 6.07) is 5.05. The molecule has 2 amide bonds. The molecular weight excluding hydrogens is 303 g/mol. The van der Waals surface area contributed by atoms with Crippen molar-refractivity contribution in [3.05, 3.63) is 53.2 Å². The summed E-state index contributed by atoms with van der Waals surface area (Å²) in [5.41, 5.74) is 0.958. The second-order valence-corrected chi connectivity index (χ2v) is 5.26. The highest BCUT2D eigenvalue weighted by Gasteiger charge is 2.23. The molecule has 0 aliphatic carbocycles. The summed E-state index contributed by atoms with van der Waals surface area (Å²) >= 11 is 0. The summed E-state index contributed by atoms with van der Waals surface area (Å²) in [6.07, 6.45) is 2.17. The summed E-state index contributed by atoms with van der Waals surface area (Å²) in [5, 5.41) is 14.5. The molecule has 1 aromatic heterocycles. The van der Waals surface area contributed by atoms with Crippen LogP contribution in [0, 0.1) is 5.82 Å². The lowest BCUT2D eigenvalue weighted by Gasteiger charge is -2.19. The van der Waals surface area contributed by atoms with Crippen molar-refractivity contribution in [2.45, 2.75) is 18.9 Å². The van der Waals surface area contributed by atoms with Crippen molar-refractivity contribution in [3.63, 3.8) is 0 Å².